The van der Waals surface area contributed by atoms with Crippen LogP contribution >= 0.6 is 0 Å². The molecule has 1 N–H and O–H groups in total. The topological polar surface area (TPSA) is 49.4 Å². The molecule has 1 unspecified atom stereocenters. The summed E-state index contributed by atoms with van der Waals surface area (Å²) in [6, 6.07) is 15.9. The normalized spacial score (nSPS) is 18.0. The van der Waals surface area contributed by atoms with E-state index in [1.54, 1.807) is 4.90 Å². The molecule has 2 aliphatic rings. The third-order valence-corrected chi connectivity index (χ3v) is 5.25. The van der Waals surface area contributed by atoms with Gasteiger partial charge in [0.25, 0.3) is 0 Å². The molecule has 0 radical (unpaired) electrons. The van der Waals surface area contributed by atoms with Crippen LogP contribution < -0.4 is 10.2 Å². The molecule has 136 valence electrons. The first-order valence-electron chi connectivity index (χ1n) is 9.44. The van der Waals surface area contributed by atoms with Gasteiger partial charge in [0.15, 0.2) is 0 Å². The maximum Gasteiger partial charge on any atom is 0.227 e. The second-order valence-electron chi connectivity index (χ2n) is 7.10. The molecule has 1 atom stereocenters. The number of nitrogens with zero attached hydrogens (tertiary/aromatic N) is 1. The van der Waals surface area contributed by atoms with Gasteiger partial charge in [-0.2, -0.15) is 0 Å². The van der Waals surface area contributed by atoms with E-state index in [0.717, 1.165) is 24.1 Å². The van der Waals surface area contributed by atoms with Crippen molar-refractivity contribution in [2.45, 2.75) is 25.7 Å². The van der Waals surface area contributed by atoms with Crippen molar-refractivity contribution in [1.82, 2.24) is 5.32 Å². The van der Waals surface area contributed by atoms with Crippen molar-refractivity contribution in [2.24, 2.45) is 5.92 Å². The highest BCUT2D eigenvalue weighted by Crippen LogP contribution is 2.30. The van der Waals surface area contributed by atoms with Crippen LogP contribution in [0.1, 0.15) is 29.5 Å². The molecule has 0 bridgehead atoms. The van der Waals surface area contributed by atoms with Gasteiger partial charge < -0.3 is 10.2 Å². The lowest BCUT2D eigenvalue weighted by Crippen LogP contribution is -2.33. The van der Waals surface area contributed by atoms with Crippen LogP contribution in [0.3, 0.4) is 0 Å². The highest BCUT2D eigenvalue weighted by atomic mass is 16.2. The predicted octanol–water partition coefficient (Wildman–Crippen LogP) is 2.70. The summed E-state index contributed by atoms with van der Waals surface area (Å²) in [5.41, 5.74) is 4.56. The minimum absolute atomic E-state index is 0.0171. The van der Waals surface area contributed by atoms with Gasteiger partial charge in [-0.25, -0.2) is 0 Å². The van der Waals surface area contributed by atoms with Gasteiger partial charge in [0.2, 0.25) is 11.8 Å². The maximum atomic E-state index is 12.4. The summed E-state index contributed by atoms with van der Waals surface area (Å²) in [7, 11) is 0. The largest absolute Gasteiger partial charge is 0.345 e. The Hall–Kier alpha value is -3.06. The summed E-state index contributed by atoms with van der Waals surface area (Å²) in [6.07, 6.45) is 3.64. The lowest BCUT2D eigenvalue weighted by Gasteiger charge is -2.17. The van der Waals surface area contributed by atoms with E-state index in [9.17, 15) is 9.59 Å². The fraction of sp³-hybridized carbons (Fsp3) is 0.304. The number of nitrogens with one attached hydrogen (secondary N) is 1. The zero-order chi connectivity index (χ0) is 18.6. The molecule has 2 aromatic carbocycles. The van der Waals surface area contributed by atoms with Gasteiger partial charge in [0.1, 0.15) is 0 Å². The molecule has 1 fully saturated rings. The molecule has 0 aromatic heterocycles. The molecule has 0 spiro atoms. The molecular formula is C23H22N2O2. The number of anilines is 1. The molecule has 0 saturated carbocycles. The average Bonchev–Trinajstić information content (AvgIpc) is 3.31. The van der Waals surface area contributed by atoms with Gasteiger partial charge in [-0.1, -0.05) is 36.1 Å². The maximum absolute atomic E-state index is 12.4. The van der Waals surface area contributed by atoms with Crippen LogP contribution in [0.2, 0.25) is 0 Å². The molecule has 2 aromatic rings. The quantitative estimate of drug-likeness (QED) is 0.858. The molecule has 4 nitrogen and oxygen atoms in total. The first-order valence-corrected chi connectivity index (χ1v) is 9.44. The van der Waals surface area contributed by atoms with E-state index >= 15 is 0 Å². The van der Waals surface area contributed by atoms with Crippen LogP contribution in [0.15, 0.2) is 48.5 Å². The van der Waals surface area contributed by atoms with Crippen molar-refractivity contribution in [2.75, 3.05) is 18.0 Å². The van der Waals surface area contributed by atoms with E-state index < -0.39 is 0 Å². The number of hydrogen-bond donors (Lipinski definition) is 1. The van der Waals surface area contributed by atoms with E-state index in [0.29, 0.717) is 6.54 Å². The Morgan fingerprint density at radius 3 is 2.78 bits per heavy atom. The van der Waals surface area contributed by atoms with Crippen molar-refractivity contribution in [3.8, 4) is 11.8 Å². The number of aryl methyl sites for hydroxylation is 2. The lowest BCUT2D eigenvalue weighted by atomic mass is 10.1. The third-order valence-electron chi connectivity index (χ3n) is 5.25. The lowest BCUT2D eigenvalue weighted by molar-refractivity contribution is -0.126. The number of benzene rings is 2. The van der Waals surface area contributed by atoms with E-state index in [2.05, 4.69) is 29.3 Å². The minimum atomic E-state index is -0.315. The van der Waals surface area contributed by atoms with Crippen molar-refractivity contribution in [3.05, 3.63) is 65.2 Å². The average molecular weight is 358 g/mol. The molecule has 1 heterocycles. The summed E-state index contributed by atoms with van der Waals surface area (Å²) in [5.74, 6) is 5.57. The van der Waals surface area contributed by atoms with Crippen LogP contribution in [-0.2, 0) is 22.4 Å². The number of fused-ring (bicyclic) bond motifs is 1. The van der Waals surface area contributed by atoms with Gasteiger partial charge >= 0.3 is 0 Å². The highest BCUT2D eigenvalue weighted by Gasteiger charge is 2.35. The Morgan fingerprint density at radius 2 is 1.93 bits per heavy atom. The molecule has 27 heavy (non-hydrogen) atoms. The number of hydrogen-bond acceptors (Lipinski definition) is 2. The molecule has 1 saturated heterocycles. The predicted molar refractivity (Wildman–Crippen MR) is 105 cm³/mol. The second-order valence-corrected chi connectivity index (χ2v) is 7.10. The minimum Gasteiger partial charge on any atom is -0.345 e. The first-order chi connectivity index (χ1) is 13.2. The standard InChI is InChI=1S/C23H22N2O2/c26-22-15-20(23(27)24-13-5-8-17-6-2-1-3-7-17)16-25(22)21-12-11-18-9-4-10-19(18)14-21/h1-3,6-7,11-12,14,20H,4,9-10,13,15-16H2,(H,24,27). The van der Waals surface area contributed by atoms with E-state index in [4.69, 9.17) is 0 Å². The fourth-order valence-corrected chi connectivity index (χ4v) is 3.80. The van der Waals surface area contributed by atoms with Crippen LogP contribution in [0, 0.1) is 17.8 Å². The van der Waals surface area contributed by atoms with Crippen molar-refractivity contribution in [1.29, 1.82) is 0 Å². The molecule has 4 rings (SSSR count). The zero-order valence-electron chi connectivity index (χ0n) is 15.2. The monoisotopic (exact) mass is 358 g/mol. The van der Waals surface area contributed by atoms with Gasteiger partial charge in [-0.05, 0) is 54.7 Å². The summed E-state index contributed by atoms with van der Waals surface area (Å²) in [6.45, 7) is 0.729. The second kappa shape index (κ2) is 7.67. The van der Waals surface area contributed by atoms with Gasteiger partial charge in [-0.15, -0.1) is 0 Å². The SMILES string of the molecule is O=C(NCC#Cc1ccccc1)C1CC(=O)N(c2ccc3c(c2)CCC3)C1. The summed E-state index contributed by atoms with van der Waals surface area (Å²) >= 11 is 0. The molecule has 4 heteroatoms. The Labute approximate surface area is 159 Å². The number of amides is 2. The van der Waals surface area contributed by atoms with Crippen LogP contribution in [0.5, 0.6) is 0 Å². The van der Waals surface area contributed by atoms with Crippen molar-refractivity contribution in [3.63, 3.8) is 0 Å². The number of carbonyl (C=O) groups is 2. The smallest absolute Gasteiger partial charge is 0.227 e. The number of rotatable bonds is 3. The van der Waals surface area contributed by atoms with Crippen LogP contribution in [0.25, 0.3) is 0 Å². The Bertz CT molecular complexity index is 924. The summed E-state index contributed by atoms with van der Waals surface area (Å²) < 4.78 is 0. The van der Waals surface area contributed by atoms with Gasteiger partial charge in [-0.3, -0.25) is 9.59 Å². The Kier molecular flexibility index (Phi) is 4.93. The summed E-state index contributed by atoms with van der Waals surface area (Å²) in [4.78, 5) is 26.6. The van der Waals surface area contributed by atoms with Crippen molar-refractivity contribution < 1.29 is 9.59 Å². The Balaban J connectivity index is 1.35. The van der Waals surface area contributed by atoms with E-state index in [-0.39, 0.29) is 30.7 Å². The van der Waals surface area contributed by atoms with E-state index in [1.165, 1.54) is 17.5 Å². The Morgan fingerprint density at radius 1 is 1.11 bits per heavy atom. The van der Waals surface area contributed by atoms with Gasteiger partial charge in [0.05, 0.1) is 12.5 Å². The third kappa shape index (κ3) is 3.88. The molecule has 1 aliphatic heterocycles. The zero-order valence-corrected chi connectivity index (χ0v) is 15.2. The molecule has 2 amide bonds. The fourth-order valence-electron chi connectivity index (χ4n) is 3.80. The molecular weight excluding hydrogens is 336 g/mol. The van der Waals surface area contributed by atoms with Crippen LogP contribution in [-0.4, -0.2) is 24.9 Å². The van der Waals surface area contributed by atoms with Crippen molar-refractivity contribution >= 4 is 17.5 Å². The highest BCUT2D eigenvalue weighted by molar-refractivity contribution is 6.00. The van der Waals surface area contributed by atoms with Crippen LogP contribution in [0.4, 0.5) is 5.69 Å². The van der Waals surface area contributed by atoms with Gasteiger partial charge in [0, 0.05) is 24.2 Å². The molecule has 1 aliphatic carbocycles. The number of carbonyl (C=O) groups excluding carboxylic acids is 2. The summed E-state index contributed by atoms with van der Waals surface area (Å²) in [5, 5.41) is 2.84. The first kappa shape index (κ1) is 17.4. The van der Waals surface area contributed by atoms with E-state index in [1.807, 2.05) is 36.4 Å².